The fourth-order valence-electron chi connectivity index (χ4n) is 2.03. The van der Waals surface area contributed by atoms with Crippen LogP contribution in [-0.4, -0.2) is 37.1 Å². The molecule has 0 unspecified atom stereocenters. The van der Waals surface area contributed by atoms with E-state index in [4.69, 9.17) is 5.11 Å². The maximum absolute atomic E-state index is 12.2. The van der Waals surface area contributed by atoms with Crippen molar-refractivity contribution in [3.05, 3.63) is 71.5 Å². The molecule has 0 bridgehead atoms. The van der Waals surface area contributed by atoms with Crippen LogP contribution in [0.2, 0.25) is 0 Å². The predicted octanol–water partition coefficient (Wildman–Crippen LogP) is 1.79. The quantitative estimate of drug-likeness (QED) is 0.721. The lowest BCUT2D eigenvalue weighted by Gasteiger charge is -1.99. The molecule has 0 fully saturated rings. The summed E-state index contributed by atoms with van der Waals surface area (Å²) in [4.78, 5) is 24.3. The summed E-state index contributed by atoms with van der Waals surface area (Å²) in [6.07, 6.45) is -0.000742. The minimum absolute atomic E-state index is 0.000742. The first-order valence-corrected chi connectivity index (χ1v) is 6.84. The lowest BCUT2D eigenvalue weighted by Crippen LogP contribution is -2.06. The van der Waals surface area contributed by atoms with Gasteiger partial charge in [-0.15, -0.1) is 15.0 Å². The predicted molar refractivity (Wildman–Crippen MR) is 80.6 cm³/mol. The molecule has 0 aliphatic carbocycles. The van der Waals surface area contributed by atoms with E-state index in [0.29, 0.717) is 11.4 Å². The van der Waals surface area contributed by atoms with Crippen LogP contribution < -0.4 is 0 Å². The van der Waals surface area contributed by atoms with E-state index in [1.54, 1.807) is 0 Å². The number of aromatic nitrogens is 4. The molecule has 2 aromatic carbocycles. The number of ketones is 1. The molecule has 0 spiro atoms. The Morgan fingerprint density at radius 2 is 1.61 bits per heavy atom. The average molecular weight is 308 g/mol. The van der Waals surface area contributed by atoms with Gasteiger partial charge in [-0.25, -0.2) is 4.79 Å². The summed E-state index contributed by atoms with van der Waals surface area (Å²) >= 11 is 0. The van der Waals surface area contributed by atoms with Gasteiger partial charge < -0.3 is 5.11 Å². The Bertz CT molecular complexity index is 841. The molecular formula is C16H12N4O3. The minimum atomic E-state index is -1.03. The van der Waals surface area contributed by atoms with Crippen LogP contribution in [0.15, 0.2) is 54.6 Å². The molecule has 1 heterocycles. The van der Waals surface area contributed by atoms with E-state index in [0.717, 1.165) is 5.69 Å². The number of Topliss-reactive ketones (excluding diaryl/α,β-unsaturated/α-hetero) is 1. The molecule has 0 aliphatic rings. The zero-order valence-corrected chi connectivity index (χ0v) is 12.0. The van der Waals surface area contributed by atoms with Crippen LogP contribution in [0.5, 0.6) is 0 Å². The van der Waals surface area contributed by atoms with E-state index in [-0.39, 0.29) is 17.8 Å². The number of rotatable bonds is 5. The number of carbonyl (C=O) groups excluding carboxylic acids is 1. The third-order valence-corrected chi connectivity index (χ3v) is 3.21. The number of hydrogen-bond acceptors (Lipinski definition) is 5. The van der Waals surface area contributed by atoms with Gasteiger partial charge in [0.25, 0.3) is 0 Å². The number of para-hydroxylation sites is 1. The average Bonchev–Trinajstić information content (AvgIpc) is 3.04. The van der Waals surface area contributed by atoms with Crippen molar-refractivity contribution in [3.63, 3.8) is 0 Å². The minimum Gasteiger partial charge on any atom is -0.478 e. The van der Waals surface area contributed by atoms with Crippen molar-refractivity contribution in [1.29, 1.82) is 0 Å². The maximum Gasteiger partial charge on any atom is 0.335 e. The molecule has 0 saturated carbocycles. The van der Waals surface area contributed by atoms with Crippen LogP contribution in [-0.2, 0) is 6.42 Å². The maximum atomic E-state index is 12.2. The van der Waals surface area contributed by atoms with Crippen molar-refractivity contribution in [2.75, 3.05) is 0 Å². The second-order valence-electron chi connectivity index (χ2n) is 4.81. The van der Waals surface area contributed by atoms with Gasteiger partial charge in [-0.2, -0.15) is 0 Å². The Balaban J connectivity index is 1.73. The summed E-state index contributed by atoms with van der Waals surface area (Å²) in [6.45, 7) is 0. The van der Waals surface area contributed by atoms with E-state index in [9.17, 15) is 9.59 Å². The summed E-state index contributed by atoms with van der Waals surface area (Å²) < 4.78 is 0. The Morgan fingerprint density at radius 3 is 2.26 bits per heavy atom. The van der Waals surface area contributed by atoms with Crippen molar-refractivity contribution < 1.29 is 14.7 Å². The zero-order chi connectivity index (χ0) is 16.2. The lowest BCUT2D eigenvalue weighted by molar-refractivity contribution is 0.0696. The van der Waals surface area contributed by atoms with Gasteiger partial charge in [0.2, 0.25) is 0 Å². The summed E-state index contributed by atoms with van der Waals surface area (Å²) in [5, 5.41) is 20.8. The van der Waals surface area contributed by atoms with Crippen LogP contribution in [0, 0.1) is 0 Å². The SMILES string of the molecule is O=C(O)c1ccc(C(=O)Cc2nnn(-c3ccccc3)n2)cc1. The van der Waals surface area contributed by atoms with E-state index >= 15 is 0 Å². The normalized spacial score (nSPS) is 10.4. The molecule has 0 radical (unpaired) electrons. The molecule has 7 nitrogen and oxygen atoms in total. The number of tetrazole rings is 1. The van der Waals surface area contributed by atoms with Crippen molar-refractivity contribution in [3.8, 4) is 5.69 Å². The standard InChI is InChI=1S/C16H12N4O3/c21-14(11-6-8-12(9-7-11)16(22)23)10-15-17-19-20(18-15)13-4-2-1-3-5-13/h1-9H,10H2,(H,22,23). The molecule has 0 amide bonds. The Kier molecular flexibility index (Phi) is 3.92. The third-order valence-electron chi connectivity index (χ3n) is 3.21. The summed E-state index contributed by atoms with van der Waals surface area (Å²) in [5.41, 5.74) is 1.30. The van der Waals surface area contributed by atoms with Crippen LogP contribution in [0.4, 0.5) is 0 Å². The second-order valence-corrected chi connectivity index (χ2v) is 4.81. The molecule has 1 aromatic heterocycles. The smallest absolute Gasteiger partial charge is 0.335 e. The molecule has 0 aliphatic heterocycles. The second kappa shape index (κ2) is 6.18. The van der Waals surface area contributed by atoms with Gasteiger partial charge in [-0.05, 0) is 29.5 Å². The summed E-state index contributed by atoms with van der Waals surface area (Å²) in [6, 6.07) is 15.0. The number of carboxylic acids is 1. The first-order chi connectivity index (χ1) is 11.1. The fourth-order valence-corrected chi connectivity index (χ4v) is 2.03. The lowest BCUT2D eigenvalue weighted by atomic mass is 10.1. The molecule has 3 rings (SSSR count). The Morgan fingerprint density at radius 1 is 0.957 bits per heavy atom. The molecule has 114 valence electrons. The monoisotopic (exact) mass is 308 g/mol. The topological polar surface area (TPSA) is 98.0 Å². The highest BCUT2D eigenvalue weighted by Gasteiger charge is 2.13. The first kappa shape index (κ1) is 14.6. The number of benzene rings is 2. The highest BCUT2D eigenvalue weighted by Crippen LogP contribution is 2.08. The Labute approximate surface area is 131 Å². The van der Waals surface area contributed by atoms with Crippen LogP contribution in [0.25, 0.3) is 5.69 Å². The number of carbonyl (C=O) groups is 2. The van der Waals surface area contributed by atoms with Gasteiger partial charge >= 0.3 is 5.97 Å². The molecule has 1 N–H and O–H groups in total. The molecule has 7 heteroatoms. The fraction of sp³-hybridized carbons (Fsp3) is 0.0625. The van der Waals surface area contributed by atoms with Crippen LogP contribution in [0.1, 0.15) is 26.5 Å². The molecular weight excluding hydrogens is 296 g/mol. The molecule has 0 atom stereocenters. The largest absolute Gasteiger partial charge is 0.478 e. The van der Waals surface area contributed by atoms with Gasteiger partial charge in [0, 0.05) is 5.56 Å². The van der Waals surface area contributed by atoms with E-state index < -0.39 is 5.97 Å². The van der Waals surface area contributed by atoms with Gasteiger partial charge in [-0.3, -0.25) is 4.79 Å². The Hall–Kier alpha value is -3.35. The number of hydrogen-bond donors (Lipinski definition) is 1. The highest BCUT2D eigenvalue weighted by molar-refractivity contribution is 5.98. The van der Waals surface area contributed by atoms with Gasteiger partial charge in [0.1, 0.15) is 0 Å². The van der Waals surface area contributed by atoms with Gasteiger partial charge in [0.05, 0.1) is 17.7 Å². The molecule has 23 heavy (non-hydrogen) atoms. The van der Waals surface area contributed by atoms with Crippen molar-refractivity contribution >= 4 is 11.8 Å². The summed E-state index contributed by atoms with van der Waals surface area (Å²) in [7, 11) is 0. The van der Waals surface area contributed by atoms with Crippen molar-refractivity contribution in [2.24, 2.45) is 0 Å². The van der Waals surface area contributed by atoms with Crippen LogP contribution in [0.3, 0.4) is 0 Å². The van der Waals surface area contributed by atoms with E-state index in [1.165, 1.54) is 29.1 Å². The van der Waals surface area contributed by atoms with Crippen molar-refractivity contribution in [2.45, 2.75) is 6.42 Å². The van der Waals surface area contributed by atoms with E-state index in [1.807, 2.05) is 30.3 Å². The number of aromatic carboxylic acids is 1. The first-order valence-electron chi connectivity index (χ1n) is 6.84. The third kappa shape index (κ3) is 3.29. The van der Waals surface area contributed by atoms with Gasteiger partial charge in [-0.1, -0.05) is 30.3 Å². The van der Waals surface area contributed by atoms with Crippen molar-refractivity contribution in [1.82, 2.24) is 20.2 Å². The summed E-state index contributed by atoms with van der Waals surface area (Å²) in [5.74, 6) is -0.924. The number of carboxylic acid groups (broad SMARTS) is 1. The molecule has 3 aromatic rings. The van der Waals surface area contributed by atoms with Crippen LogP contribution >= 0.6 is 0 Å². The number of nitrogens with zero attached hydrogens (tertiary/aromatic N) is 4. The zero-order valence-electron chi connectivity index (χ0n) is 12.0. The highest BCUT2D eigenvalue weighted by atomic mass is 16.4. The van der Waals surface area contributed by atoms with E-state index in [2.05, 4.69) is 15.4 Å². The van der Waals surface area contributed by atoms with Gasteiger partial charge in [0.15, 0.2) is 11.6 Å². The molecule has 0 saturated heterocycles.